The Morgan fingerprint density at radius 1 is 1.33 bits per heavy atom. The van der Waals surface area contributed by atoms with Crippen LogP contribution in [0.5, 0.6) is 11.5 Å². The van der Waals surface area contributed by atoms with Gasteiger partial charge in [-0.2, -0.15) is 0 Å². The molecule has 5 heteroatoms. The molecule has 0 atom stereocenters. The summed E-state index contributed by atoms with van der Waals surface area (Å²) in [5, 5.41) is 0. The Bertz CT molecular complexity index is 331. The fourth-order valence-corrected chi connectivity index (χ4v) is 1.11. The van der Waals surface area contributed by atoms with Crippen molar-refractivity contribution in [2.24, 2.45) is 5.73 Å². The summed E-state index contributed by atoms with van der Waals surface area (Å²) in [6.45, 7) is 0.760. The molecule has 0 aliphatic carbocycles. The molecule has 15 heavy (non-hydrogen) atoms. The zero-order valence-electron chi connectivity index (χ0n) is 8.43. The maximum atomic E-state index is 13.2. The van der Waals surface area contributed by atoms with Crippen molar-refractivity contribution in [3.63, 3.8) is 0 Å². The molecule has 1 aromatic rings. The van der Waals surface area contributed by atoms with E-state index in [1.165, 1.54) is 7.11 Å². The molecular formula is C10H13F2NO2. The normalized spacial score (nSPS) is 10.1. The van der Waals surface area contributed by atoms with Crippen molar-refractivity contribution >= 4 is 0 Å². The maximum Gasteiger partial charge on any atom is 0.197 e. The van der Waals surface area contributed by atoms with Gasteiger partial charge in [0.2, 0.25) is 0 Å². The third-order valence-electron chi connectivity index (χ3n) is 1.78. The van der Waals surface area contributed by atoms with Gasteiger partial charge in [-0.25, -0.2) is 8.78 Å². The van der Waals surface area contributed by atoms with Crippen LogP contribution in [0.4, 0.5) is 8.78 Å². The quantitative estimate of drug-likeness (QED) is 0.763. The molecule has 84 valence electrons. The Hall–Kier alpha value is -1.36. The molecule has 0 heterocycles. The highest BCUT2D eigenvalue weighted by Gasteiger charge is 2.12. The Labute approximate surface area is 86.8 Å². The van der Waals surface area contributed by atoms with Crippen LogP contribution in [0.1, 0.15) is 6.42 Å². The summed E-state index contributed by atoms with van der Waals surface area (Å²) in [7, 11) is 1.30. The lowest BCUT2D eigenvalue weighted by molar-refractivity contribution is 0.282. The van der Waals surface area contributed by atoms with Crippen molar-refractivity contribution < 1.29 is 18.3 Å². The summed E-state index contributed by atoms with van der Waals surface area (Å²) in [4.78, 5) is 0. The zero-order valence-corrected chi connectivity index (χ0v) is 8.43. The lowest BCUT2D eigenvalue weighted by atomic mass is 10.3. The summed E-state index contributed by atoms with van der Waals surface area (Å²) < 4.78 is 35.9. The van der Waals surface area contributed by atoms with E-state index >= 15 is 0 Å². The molecule has 0 aliphatic rings. The van der Waals surface area contributed by atoms with Crippen LogP contribution in [-0.4, -0.2) is 20.3 Å². The van der Waals surface area contributed by atoms with Crippen LogP contribution in [0.15, 0.2) is 12.1 Å². The van der Waals surface area contributed by atoms with Gasteiger partial charge in [-0.3, -0.25) is 0 Å². The first-order valence-corrected chi connectivity index (χ1v) is 4.55. The second-order valence-corrected chi connectivity index (χ2v) is 2.91. The van der Waals surface area contributed by atoms with Crippen LogP contribution in [-0.2, 0) is 0 Å². The Morgan fingerprint density at radius 2 is 2.07 bits per heavy atom. The van der Waals surface area contributed by atoms with E-state index in [2.05, 4.69) is 0 Å². The van der Waals surface area contributed by atoms with Crippen molar-refractivity contribution in [3.05, 3.63) is 23.8 Å². The van der Waals surface area contributed by atoms with Gasteiger partial charge in [0, 0.05) is 12.1 Å². The number of rotatable bonds is 5. The lowest BCUT2D eigenvalue weighted by Gasteiger charge is -2.10. The SMILES string of the molecule is COc1c(F)cc(F)cc1OCCCN. The molecule has 1 rings (SSSR count). The first kappa shape index (κ1) is 11.7. The topological polar surface area (TPSA) is 44.5 Å². The summed E-state index contributed by atoms with van der Waals surface area (Å²) in [5.41, 5.74) is 5.26. The Kier molecular flexibility index (Phi) is 4.30. The highest BCUT2D eigenvalue weighted by Crippen LogP contribution is 2.31. The van der Waals surface area contributed by atoms with Crippen molar-refractivity contribution in [1.29, 1.82) is 0 Å². The predicted molar refractivity (Wildman–Crippen MR) is 52.1 cm³/mol. The summed E-state index contributed by atoms with van der Waals surface area (Å²) in [5.74, 6) is -1.51. The smallest absolute Gasteiger partial charge is 0.197 e. The number of methoxy groups -OCH3 is 1. The molecule has 0 amide bonds. The molecule has 0 saturated carbocycles. The zero-order chi connectivity index (χ0) is 11.3. The maximum absolute atomic E-state index is 13.2. The second kappa shape index (κ2) is 5.50. The van der Waals surface area contributed by atoms with Crippen molar-refractivity contribution in [2.75, 3.05) is 20.3 Å². The number of nitrogens with two attached hydrogens (primary N) is 1. The van der Waals surface area contributed by atoms with Gasteiger partial charge in [0.15, 0.2) is 17.3 Å². The van der Waals surface area contributed by atoms with E-state index in [-0.39, 0.29) is 11.5 Å². The van der Waals surface area contributed by atoms with E-state index in [0.717, 1.165) is 12.1 Å². The molecule has 0 unspecified atom stereocenters. The van der Waals surface area contributed by atoms with Crippen LogP contribution < -0.4 is 15.2 Å². The summed E-state index contributed by atoms with van der Waals surface area (Å²) in [6, 6.07) is 1.83. The molecule has 0 radical (unpaired) electrons. The largest absolute Gasteiger partial charge is 0.490 e. The number of hydrogen-bond donors (Lipinski definition) is 1. The molecule has 1 aromatic carbocycles. The highest BCUT2D eigenvalue weighted by atomic mass is 19.1. The predicted octanol–water partition coefficient (Wildman–Crippen LogP) is 1.70. The minimum absolute atomic E-state index is 0.0588. The Balaban J connectivity index is 2.84. The van der Waals surface area contributed by atoms with E-state index in [4.69, 9.17) is 15.2 Å². The van der Waals surface area contributed by atoms with Gasteiger partial charge < -0.3 is 15.2 Å². The van der Waals surface area contributed by atoms with E-state index < -0.39 is 11.6 Å². The molecule has 0 fully saturated rings. The molecule has 0 aliphatic heterocycles. The van der Waals surface area contributed by atoms with E-state index in [1.807, 2.05) is 0 Å². The third-order valence-corrected chi connectivity index (χ3v) is 1.78. The van der Waals surface area contributed by atoms with Crippen LogP contribution >= 0.6 is 0 Å². The second-order valence-electron chi connectivity index (χ2n) is 2.91. The van der Waals surface area contributed by atoms with Gasteiger partial charge in [-0.15, -0.1) is 0 Å². The highest BCUT2D eigenvalue weighted by molar-refractivity contribution is 5.41. The van der Waals surface area contributed by atoms with Gasteiger partial charge in [-0.05, 0) is 13.0 Å². The van der Waals surface area contributed by atoms with Crippen LogP contribution in [0.3, 0.4) is 0 Å². The van der Waals surface area contributed by atoms with Gasteiger partial charge in [0.1, 0.15) is 5.82 Å². The molecule has 0 spiro atoms. The fourth-order valence-electron chi connectivity index (χ4n) is 1.11. The molecule has 3 nitrogen and oxygen atoms in total. The summed E-state index contributed by atoms with van der Waals surface area (Å²) >= 11 is 0. The Morgan fingerprint density at radius 3 is 2.67 bits per heavy atom. The average Bonchev–Trinajstić information content (AvgIpc) is 2.17. The van der Waals surface area contributed by atoms with E-state index in [1.54, 1.807) is 0 Å². The number of hydrogen-bond acceptors (Lipinski definition) is 3. The molecular weight excluding hydrogens is 204 g/mol. The van der Waals surface area contributed by atoms with Crippen LogP contribution in [0.25, 0.3) is 0 Å². The van der Waals surface area contributed by atoms with Crippen molar-refractivity contribution in [1.82, 2.24) is 0 Å². The molecule has 0 saturated heterocycles. The number of halogens is 2. The molecule has 0 bridgehead atoms. The third kappa shape index (κ3) is 3.06. The minimum Gasteiger partial charge on any atom is -0.490 e. The first-order chi connectivity index (χ1) is 7.19. The first-order valence-electron chi connectivity index (χ1n) is 4.55. The van der Waals surface area contributed by atoms with Gasteiger partial charge in [0.05, 0.1) is 13.7 Å². The monoisotopic (exact) mass is 217 g/mol. The average molecular weight is 217 g/mol. The fraction of sp³-hybridized carbons (Fsp3) is 0.400. The van der Waals surface area contributed by atoms with Crippen molar-refractivity contribution in [2.45, 2.75) is 6.42 Å². The lowest BCUT2D eigenvalue weighted by Crippen LogP contribution is -2.07. The van der Waals surface area contributed by atoms with E-state index in [0.29, 0.717) is 19.6 Å². The summed E-state index contributed by atoms with van der Waals surface area (Å²) in [6.07, 6.45) is 0.612. The van der Waals surface area contributed by atoms with Gasteiger partial charge in [-0.1, -0.05) is 0 Å². The molecule has 0 aromatic heterocycles. The minimum atomic E-state index is -0.778. The van der Waals surface area contributed by atoms with Gasteiger partial charge >= 0.3 is 0 Å². The van der Waals surface area contributed by atoms with Gasteiger partial charge in [0.25, 0.3) is 0 Å². The standard InChI is InChI=1S/C10H13F2NO2/c1-14-10-8(12)5-7(11)6-9(10)15-4-2-3-13/h5-6H,2-4,13H2,1H3. The van der Waals surface area contributed by atoms with Crippen molar-refractivity contribution in [3.8, 4) is 11.5 Å². The number of ether oxygens (including phenoxy) is 2. The van der Waals surface area contributed by atoms with Crippen LogP contribution in [0.2, 0.25) is 0 Å². The van der Waals surface area contributed by atoms with E-state index in [9.17, 15) is 8.78 Å². The van der Waals surface area contributed by atoms with Crippen LogP contribution in [0, 0.1) is 11.6 Å². The molecule has 2 N–H and O–H groups in total. The number of benzene rings is 1.